The Hall–Kier alpha value is -2.41. The highest BCUT2D eigenvalue weighted by Crippen LogP contribution is 2.35. The molecule has 0 aliphatic carbocycles. The van der Waals surface area contributed by atoms with Crippen molar-refractivity contribution >= 4 is 46.1 Å². The van der Waals surface area contributed by atoms with Gasteiger partial charge in [-0.15, -0.1) is 6.58 Å². The number of carbonyl (C=O) groups is 1. The predicted molar refractivity (Wildman–Crippen MR) is 119 cm³/mol. The van der Waals surface area contributed by atoms with Crippen LogP contribution < -0.4 is 10.5 Å². The van der Waals surface area contributed by atoms with Crippen molar-refractivity contribution in [2.45, 2.75) is 20.4 Å². The minimum absolute atomic E-state index is 0.0941. The van der Waals surface area contributed by atoms with E-state index >= 15 is 0 Å². The summed E-state index contributed by atoms with van der Waals surface area (Å²) in [4.78, 5) is 29.8. The van der Waals surface area contributed by atoms with Gasteiger partial charge < -0.3 is 9.64 Å². The van der Waals surface area contributed by atoms with Gasteiger partial charge in [0.1, 0.15) is 21.8 Å². The summed E-state index contributed by atoms with van der Waals surface area (Å²) in [7, 11) is 0. The Morgan fingerprint density at radius 2 is 2.03 bits per heavy atom. The summed E-state index contributed by atoms with van der Waals surface area (Å²) in [6.07, 6.45) is 3.39. The van der Waals surface area contributed by atoms with E-state index in [4.69, 9.17) is 17.0 Å². The van der Waals surface area contributed by atoms with Gasteiger partial charge in [-0.25, -0.2) is 0 Å². The van der Waals surface area contributed by atoms with Gasteiger partial charge in [0.15, 0.2) is 0 Å². The molecule has 2 aliphatic heterocycles. The first kappa shape index (κ1) is 21.3. The standard InChI is InChI=1S/C20H22N4O3S2/c1-4-6-24-19(26)16(29-20(24)28)11-14-13(3)15(12-21)18(25)23(5-2)17(14)22-7-9-27-10-8-22/h4,11H,1,5-10H2,2-3H3/b16-11-. The van der Waals surface area contributed by atoms with Gasteiger partial charge in [-0.2, -0.15) is 5.26 Å². The number of hydrogen-bond donors (Lipinski definition) is 0. The van der Waals surface area contributed by atoms with Gasteiger partial charge >= 0.3 is 0 Å². The molecule has 29 heavy (non-hydrogen) atoms. The lowest BCUT2D eigenvalue weighted by molar-refractivity contribution is -0.121. The van der Waals surface area contributed by atoms with Gasteiger partial charge in [0.2, 0.25) is 0 Å². The van der Waals surface area contributed by atoms with Crippen molar-refractivity contribution in [3.05, 3.63) is 44.6 Å². The Kier molecular flexibility index (Phi) is 6.57. The number of anilines is 1. The van der Waals surface area contributed by atoms with E-state index in [2.05, 4.69) is 11.5 Å². The maximum atomic E-state index is 12.9. The first-order valence-electron chi connectivity index (χ1n) is 9.31. The molecule has 0 radical (unpaired) electrons. The lowest BCUT2D eigenvalue weighted by Crippen LogP contribution is -2.41. The minimum atomic E-state index is -0.314. The average molecular weight is 431 g/mol. The SMILES string of the molecule is C=CCN1C(=O)/C(=C/c2c(C)c(C#N)c(=O)n(CC)c2N2CCOCC2)SC1=S. The Balaban J connectivity index is 2.23. The van der Waals surface area contributed by atoms with E-state index in [1.807, 2.05) is 13.0 Å². The molecule has 1 amide bonds. The summed E-state index contributed by atoms with van der Waals surface area (Å²) in [5.41, 5.74) is 1.05. The number of nitriles is 1. The van der Waals surface area contributed by atoms with Crippen LogP contribution in [0.2, 0.25) is 0 Å². The highest BCUT2D eigenvalue weighted by Gasteiger charge is 2.32. The molecule has 1 aromatic rings. The molecule has 2 fully saturated rings. The number of ether oxygens (including phenoxy) is 1. The number of rotatable bonds is 5. The number of carbonyl (C=O) groups excluding carboxylic acids is 1. The number of pyridine rings is 1. The van der Waals surface area contributed by atoms with Crippen molar-refractivity contribution in [3.8, 4) is 6.07 Å². The van der Waals surface area contributed by atoms with E-state index < -0.39 is 0 Å². The summed E-state index contributed by atoms with van der Waals surface area (Å²) in [6.45, 7) is 10.4. The quantitative estimate of drug-likeness (QED) is 0.403. The first-order chi connectivity index (χ1) is 13.9. The molecule has 152 valence electrons. The molecular formula is C20H22N4O3S2. The van der Waals surface area contributed by atoms with Gasteiger partial charge in [-0.3, -0.25) is 19.1 Å². The van der Waals surface area contributed by atoms with Crippen LogP contribution in [0.5, 0.6) is 0 Å². The van der Waals surface area contributed by atoms with Crippen LogP contribution in [0, 0.1) is 18.3 Å². The van der Waals surface area contributed by atoms with Crippen molar-refractivity contribution in [2.24, 2.45) is 0 Å². The molecule has 0 atom stereocenters. The predicted octanol–water partition coefficient (Wildman–Crippen LogP) is 2.27. The van der Waals surface area contributed by atoms with Gasteiger partial charge in [0.25, 0.3) is 11.5 Å². The third-order valence-corrected chi connectivity index (χ3v) is 6.31. The fourth-order valence-electron chi connectivity index (χ4n) is 3.47. The fourth-order valence-corrected chi connectivity index (χ4v) is 4.73. The van der Waals surface area contributed by atoms with Crippen molar-refractivity contribution in [2.75, 3.05) is 37.7 Å². The topological polar surface area (TPSA) is 78.6 Å². The second-order valence-electron chi connectivity index (χ2n) is 6.58. The monoisotopic (exact) mass is 430 g/mol. The number of thiocarbonyl (C=S) groups is 1. The molecule has 2 aliphatic rings. The molecule has 0 bridgehead atoms. The van der Waals surface area contributed by atoms with E-state index in [9.17, 15) is 14.9 Å². The van der Waals surface area contributed by atoms with Crippen molar-refractivity contribution in [3.63, 3.8) is 0 Å². The zero-order valence-corrected chi connectivity index (χ0v) is 18.1. The number of aromatic nitrogens is 1. The van der Waals surface area contributed by atoms with Gasteiger partial charge in [0.05, 0.1) is 18.1 Å². The lowest BCUT2D eigenvalue weighted by atomic mass is 10.0. The van der Waals surface area contributed by atoms with Crippen molar-refractivity contribution in [1.82, 2.24) is 9.47 Å². The van der Waals surface area contributed by atoms with Crippen LogP contribution in [0.3, 0.4) is 0 Å². The molecule has 0 N–H and O–H groups in total. The summed E-state index contributed by atoms with van der Waals surface area (Å²) in [6, 6.07) is 2.04. The number of amides is 1. The van der Waals surface area contributed by atoms with E-state index in [1.165, 1.54) is 16.7 Å². The van der Waals surface area contributed by atoms with Crippen LogP contribution >= 0.6 is 24.0 Å². The smallest absolute Gasteiger partial charge is 0.270 e. The summed E-state index contributed by atoms with van der Waals surface area (Å²) >= 11 is 6.55. The average Bonchev–Trinajstić information content (AvgIpc) is 2.98. The zero-order valence-electron chi connectivity index (χ0n) is 16.4. The molecule has 3 heterocycles. The largest absolute Gasteiger partial charge is 0.378 e. The third kappa shape index (κ3) is 3.88. The summed E-state index contributed by atoms with van der Waals surface area (Å²) in [5, 5.41) is 9.58. The Bertz CT molecular complexity index is 1000. The maximum Gasteiger partial charge on any atom is 0.270 e. The highest BCUT2D eigenvalue weighted by molar-refractivity contribution is 8.26. The van der Waals surface area contributed by atoms with E-state index in [0.717, 1.165) is 0 Å². The van der Waals surface area contributed by atoms with Crippen LogP contribution in [0.15, 0.2) is 22.4 Å². The fraction of sp³-hybridized carbons (Fsp3) is 0.400. The molecule has 1 aromatic heterocycles. The van der Waals surface area contributed by atoms with E-state index in [1.54, 1.807) is 23.6 Å². The van der Waals surface area contributed by atoms with E-state index in [-0.39, 0.29) is 17.0 Å². The van der Waals surface area contributed by atoms with Crippen LogP contribution in [0.4, 0.5) is 5.82 Å². The molecule has 0 saturated carbocycles. The number of hydrogen-bond acceptors (Lipinski definition) is 7. The minimum Gasteiger partial charge on any atom is -0.378 e. The molecule has 7 nitrogen and oxygen atoms in total. The number of thioether (sulfide) groups is 1. The molecule has 9 heteroatoms. The Morgan fingerprint density at radius 1 is 1.34 bits per heavy atom. The second-order valence-corrected chi connectivity index (χ2v) is 8.25. The zero-order chi connectivity index (χ0) is 21.1. The lowest BCUT2D eigenvalue weighted by Gasteiger charge is -2.33. The second kappa shape index (κ2) is 8.95. The summed E-state index contributed by atoms with van der Waals surface area (Å²) < 4.78 is 7.53. The highest BCUT2D eigenvalue weighted by atomic mass is 32.2. The number of nitrogens with zero attached hydrogens (tertiary/aromatic N) is 4. The molecule has 0 spiro atoms. The van der Waals surface area contributed by atoms with Crippen molar-refractivity contribution in [1.29, 1.82) is 5.26 Å². The maximum absolute atomic E-state index is 12.9. The number of morpholine rings is 1. The summed E-state index contributed by atoms with van der Waals surface area (Å²) in [5.74, 6) is 0.520. The van der Waals surface area contributed by atoms with Crippen LogP contribution in [0.25, 0.3) is 6.08 Å². The third-order valence-electron chi connectivity index (χ3n) is 4.93. The molecular weight excluding hydrogens is 408 g/mol. The van der Waals surface area contributed by atoms with Crippen LogP contribution in [-0.4, -0.2) is 52.5 Å². The Morgan fingerprint density at radius 3 is 2.62 bits per heavy atom. The molecule has 3 rings (SSSR count). The van der Waals surface area contributed by atoms with Gasteiger partial charge in [0, 0.05) is 31.7 Å². The normalized spacial score (nSPS) is 18.4. The van der Waals surface area contributed by atoms with Crippen LogP contribution in [-0.2, 0) is 16.1 Å². The van der Waals surface area contributed by atoms with Crippen molar-refractivity contribution < 1.29 is 9.53 Å². The van der Waals surface area contributed by atoms with Crippen LogP contribution in [0.1, 0.15) is 23.6 Å². The first-order valence-corrected chi connectivity index (χ1v) is 10.5. The van der Waals surface area contributed by atoms with E-state index in [0.29, 0.717) is 65.6 Å². The van der Waals surface area contributed by atoms with Gasteiger partial charge in [-0.1, -0.05) is 30.1 Å². The van der Waals surface area contributed by atoms with Gasteiger partial charge in [-0.05, 0) is 25.5 Å². The molecule has 0 unspecified atom stereocenters. The molecule has 2 saturated heterocycles. The Labute approximate surface area is 179 Å². The molecule has 0 aromatic carbocycles.